The lowest BCUT2D eigenvalue weighted by Crippen LogP contribution is -2.32. The van der Waals surface area contributed by atoms with Crippen LogP contribution in [-0.4, -0.2) is 43.8 Å². The molecule has 32 heavy (non-hydrogen) atoms. The van der Waals surface area contributed by atoms with Crippen molar-refractivity contribution in [3.05, 3.63) is 70.5 Å². The van der Waals surface area contributed by atoms with Crippen molar-refractivity contribution >= 4 is 40.9 Å². The van der Waals surface area contributed by atoms with E-state index in [1.807, 2.05) is 59.8 Å². The van der Waals surface area contributed by atoms with Gasteiger partial charge in [0.15, 0.2) is 11.0 Å². The summed E-state index contributed by atoms with van der Waals surface area (Å²) < 4.78 is 1.87. The maximum absolute atomic E-state index is 13.1. The third kappa shape index (κ3) is 4.66. The van der Waals surface area contributed by atoms with Crippen LogP contribution in [0.1, 0.15) is 40.6 Å². The Labute approximate surface area is 196 Å². The molecule has 0 bridgehead atoms. The Balaban J connectivity index is 1.44. The molecule has 1 saturated heterocycles. The van der Waals surface area contributed by atoms with Gasteiger partial charge in [0.2, 0.25) is 5.91 Å². The highest BCUT2D eigenvalue weighted by Crippen LogP contribution is 2.34. The first kappa shape index (κ1) is 22.4. The van der Waals surface area contributed by atoms with Crippen LogP contribution in [0.2, 0.25) is 5.02 Å². The summed E-state index contributed by atoms with van der Waals surface area (Å²) in [6.07, 6.45) is 1.69. The molecule has 0 spiro atoms. The molecule has 4 rings (SSSR count). The molecule has 166 valence electrons. The van der Waals surface area contributed by atoms with E-state index in [4.69, 9.17) is 11.6 Å². The molecule has 1 aliphatic rings. The van der Waals surface area contributed by atoms with Crippen molar-refractivity contribution in [2.24, 2.45) is 7.05 Å². The van der Waals surface area contributed by atoms with Gasteiger partial charge < -0.3 is 14.8 Å². The Morgan fingerprint density at radius 2 is 1.91 bits per heavy atom. The van der Waals surface area contributed by atoms with Crippen LogP contribution in [0.15, 0.2) is 53.7 Å². The lowest BCUT2D eigenvalue weighted by molar-refractivity contribution is -0.113. The fraction of sp³-hybridized carbons (Fsp3) is 0.304. The molecule has 1 fully saturated rings. The van der Waals surface area contributed by atoms with E-state index in [0.29, 0.717) is 28.1 Å². The summed E-state index contributed by atoms with van der Waals surface area (Å²) >= 11 is 7.56. The lowest BCUT2D eigenvalue weighted by atomic mass is 10.1. The second-order valence-electron chi connectivity index (χ2n) is 7.69. The van der Waals surface area contributed by atoms with Crippen LogP contribution < -0.4 is 5.32 Å². The van der Waals surface area contributed by atoms with E-state index in [0.717, 1.165) is 24.1 Å². The second-order valence-corrected chi connectivity index (χ2v) is 9.04. The van der Waals surface area contributed by atoms with Crippen molar-refractivity contribution in [1.82, 2.24) is 19.7 Å². The van der Waals surface area contributed by atoms with Gasteiger partial charge in [0.05, 0.1) is 22.4 Å². The van der Waals surface area contributed by atoms with Gasteiger partial charge in [0.1, 0.15) is 0 Å². The molecule has 1 atom stereocenters. The Morgan fingerprint density at radius 1 is 1.16 bits per heavy atom. The Kier molecular flexibility index (Phi) is 6.81. The number of benzene rings is 2. The van der Waals surface area contributed by atoms with Crippen molar-refractivity contribution in [2.75, 3.05) is 17.6 Å². The standard InChI is InChI=1S/C23H24ClN5O2S/c1-15-8-3-6-11-18(15)25-20(30)14-32-23-27-26-21(28(23)2)19-12-7-13-29(19)22(31)16-9-4-5-10-17(16)24/h3-6,8-11,19H,7,12-14H2,1-2H3,(H,25,30). The van der Waals surface area contributed by atoms with Gasteiger partial charge in [-0.25, -0.2) is 0 Å². The molecule has 0 saturated carbocycles. The quantitative estimate of drug-likeness (QED) is 0.538. The number of para-hydroxylation sites is 1. The van der Waals surface area contributed by atoms with E-state index in [1.54, 1.807) is 12.1 Å². The summed E-state index contributed by atoms with van der Waals surface area (Å²) in [6, 6.07) is 14.6. The number of aromatic nitrogens is 3. The van der Waals surface area contributed by atoms with Crippen LogP contribution in [0.5, 0.6) is 0 Å². The number of rotatable bonds is 6. The zero-order chi connectivity index (χ0) is 22.7. The SMILES string of the molecule is Cc1ccccc1NC(=O)CSc1nnc(C2CCCN2C(=O)c2ccccc2Cl)n1C. The number of halogens is 1. The van der Waals surface area contributed by atoms with Crippen molar-refractivity contribution < 1.29 is 9.59 Å². The van der Waals surface area contributed by atoms with E-state index >= 15 is 0 Å². The highest BCUT2D eigenvalue weighted by Gasteiger charge is 2.34. The van der Waals surface area contributed by atoms with Gasteiger partial charge in [-0.1, -0.05) is 53.7 Å². The topological polar surface area (TPSA) is 80.1 Å². The summed E-state index contributed by atoms with van der Waals surface area (Å²) in [5.74, 6) is 0.718. The first-order chi connectivity index (χ1) is 15.5. The van der Waals surface area contributed by atoms with Crippen LogP contribution in [0.4, 0.5) is 5.69 Å². The molecule has 1 unspecified atom stereocenters. The molecule has 2 amide bonds. The Morgan fingerprint density at radius 3 is 2.69 bits per heavy atom. The minimum absolute atomic E-state index is 0.104. The monoisotopic (exact) mass is 469 g/mol. The van der Waals surface area contributed by atoms with Crippen molar-refractivity contribution in [1.29, 1.82) is 0 Å². The Hall–Kier alpha value is -2.84. The average Bonchev–Trinajstić information content (AvgIpc) is 3.40. The highest BCUT2D eigenvalue weighted by atomic mass is 35.5. The smallest absolute Gasteiger partial charge is 0.255 e. The van der Waals surface area contributed by atoms with Gasteiger partial charge in [-0.05, 0) is 43.5 Å². The largest absolute Gasteiger partial charge is 0.328 e. The predicted octanol–water partition coefficient (Wildman–Crippen LogP) is 4.49. The molecule has 2 aromatic carbocycles. The minimum atomic E-state index is -0.175. The van der Waals surface area contributed by atoms with Gasteiger partial charge in [-0.15, -0.1) is 10.2 Å². The number of carbonyl (C=O) groups excluding carboxylic acids is 2. The van der Waals surface area contributed by atoms with E-state index in [2.05, 4.69) is 15.5 Å². The molecule has 0 radical (unpaired) electrons. The van der Waals surface area contributed by atoms with Crippen LogP contribution in [-0.2, 0) is 11.8 Å². The number of anilines is 1. The summed E-state index contributed by atoms with van der Waals surface area (Å²) in [6.45, 7) is 2.60. The minimum Gasteiger partial charge on any atom is -0.328 e. The zero-order valence-electron chi connectivity index (χ0n) is 17.9. The molecule has 7 nitrogen and oxygen atoms in total. The van der Waals surface area contributed by atoms with Gasteiger partial charge in [0.25, 0.3) is 5.91 Å². The number of hydrogen-bond donors (Lipinski definition) is 1. The fourth-order valence-electron chi connectivity index (χ4n) is 3.84. The van der Waals surface area contributed by atoms with Crippen LogP contribution in [0, 0.1) is 6.92 Å². The summed E-state index contributed by atoms with van der Waals surface area (Å²) in [7, 11) is 1.87. The van der Waals surface area contributed by atoms with E-state index < -0.39 is 0 Å². The van der Waals surface area contributed by atoms with E-state index in [-0.39, 0.29) is 23.6 Å². The summed E-state index contributed by atoms with van der Waals surface area (Å²) in [4.78, 5) is 27.3. The maximum Gasteiger partial charge on any atom is 0.255 e. The molecule has 1 aromatic heterocycles. The normalized spacial score (nSPS) is 15.7. The Bertz CT molecular complexity index is 1150. The third-order valence-corrected chi connectivity index (χ3v) is 6.89. The highest BCUT2D eigenvalue weighted by molar-refractivity contribution is 7.99. The van der Waals surface area contributed by atoms with Gasteiger partial charge >= 0.3 is 0 Å². The number of aryl methyl sites for hydroxylation is 1. The molecule has 1 aliphatic heterocycles. The van der Waals surface area contributed by atoms with Gasteiger partial charge in [-0.2, -0.15) is 0 Å². The molecule has 3 aromatic rings. The van der Waals surface area contributed by atoms with Crippen LogP contribution in [0.3, 0.4) is 0 Å². The molecule has 2 heterocycles. The molecular weight excluding hydrogens is 446 g/mol. The predicted molar refractivity (Wildman–Crippen MR) is 126 cm³/mol. The van der Waals surface area contributed by atoms with Crippen LogP contribution >= 0.6 is 23.4 Å². The van der Waals surface area contributed by atoms with Crippen molar-refractivity contribution in [2.45, 2.75) is 31.0 Å². The molecule has 1 N–H and O–H groups in total. The third-order valence-electron chi connectivity index (χ3n) is 5.54. The van der Waals surface area contributed by atoms with E-state index in [9.17, 15) is 9.59 Å². The number of amides is 2. The molecule has 0 aliphatic carbocycles. The lowest BCUT2D eigenvalue weighted by Gasteiger charge is -2.24. The fourth-order valence-corrected chi connectivity index (χ4v) is 4.77. The van der Waals surface area contributed by atoms with Crippen LogP contribution in [0.25, 0.3) is 0 Å². The number of nitrogens with zero attached hydrogens (tertiary/aromatic N) is 4. The first-order valence-corrected chi connectivity index (χ1v) is 11.7. The molecule has 9 heteroatoms. The van der Waals surface area contributed by atoms with Gasteiger partial charge in [-0.3, -0.25) is 9.59 Å². The number of nitrogens with one attached hydrogen (secondary N) is 1. The maximum atomic E-state index is 13.1. The number of thioether (sulfide) groups is 1. The van der Waals surface area contributed by atoms with Crippen molar-refractivity contribution in [3.63, 3.8) is 0 Å². The second kappa shape index (κ2) is 9.75. The van der Waals surface area contributed by atoms with Gasteiger partial charge in [0, 0.05) is 19.3 Å². The summed E-state index contributed by atoms with van der Waals surface area (Å²) in [5.41, 5.74) is 2.30. The average molecular weight is 470 g/mol. The first-order valence-electron chi connectivity index (χ1n) is 10.4. The van der Waals surface area contributed by atoms with Crippen molar-refractivity contribution in [3.8, 4) is 0 Å². The summed E-state index contributed by atoms with van der Waals surface area (Å²) in [5, 5.41) is 12.6. The number of likely N-dealkylation sites (tertiary alicyclic amines) is 1. The van der Waals surface area contributed by atoms with E-state index in [1.165, 1.54) is 11.8 Å². The number of hydrogen-bond acceptors (Lipinski definition) is 5. The molecular formula is C23H24ClN5O2S. The zero-order valence-corrected chi connectivity index (χ0v) is 19.5. The number of carbonyl (C=O) groups is 2.